The average molecular weight is 276 g/mol. The molecule has 0 atom stereocenters. The van der Waals surface area contributed by atoms with Crippen molar-refractivity contribution in [1.29, 1.82) is 0 Å². The zero-order chi connectivity index (χ0) is 14.4. The second-order valence-electron chi connectivity index (χ2n) is 5.80. The van der Waals surface area contributed by atoms with Crippen LogP contribution in [0.1, 0.15) is 52.4 Å². The largest absolute Gasteiger partial charge is 0.372 e. The molecule has 1 saturated carbocycles. The van der Waals surface area contributed by atoms with Crippen molar-refractivity contribution in [3.63, 3.8) is 0 Å². The molecular weight excluding hydrogens is 248 g/mol. The highest BCUT2D eigenvalue weighted by atomic mass is 15.3. The maximum absolute atomic E-state index is 4.49. The van der Waals surface area contributed by atoms with Crippen molar-refractivity contribution in [2.24, 2.45) is 16.1 Å². The van der Waals surface area contributed by atoms with E-state index in [1.54, 1.807) is 0 Å². The molecule has 20 heavy (non-hydrogen) atoms. The number of hydrogen-bond acceptors (Lipinski definition) is 4. The molecule has 0 aromatic heterocycles. The van der Waals surface area contributed by atoms with E-state index < -0.39 is 0 Å². The van der Waals surface area contributed by atoms with Crippen molar-refractivity contribution in [2.45, 2.75) is 52.4 Å². The predicted octanol–water partition coefficient (Wildman–Crippen LogP) is 4.04. The van der Waals surface area contributed by atoms with Crippen LogP contribution in [-0.2, 0) is 0 Å². The van der Waals surface area contributed by atoms with E-state index in [0.29, 0.717) is 5.92 Å². The van der Waals surface area contributed by atoms with Gasteiger partial charge in [-0.1, -0.05) is 6.42 Å². The number of azo groups is 1. The summed E-state index contributed by atoms with van der Waals surface area (Å²) in [6.07, 6.45) is 9.90. The fourth-order valence-corrected chi connectivity index (χ4v) is 2.89. The van der Waals surface area contributed by atoms with Crippen LogP contribution in [0, 0.1) is 5.92 Å². The van der Waals surface area contributed by atoms with Crippen molar-refractivity contribution in [3.8, 4) is 0 Å². The number of allylic oxidation sites excluding steroid dienone is 2. The highest BCUT2D eigenvalue weighted by Gasteiger charge is 2.21. The van der Waals surface area contributed by atoms with Crippen molar-refractivity contribution < 1.29 is 0 Å². The van der Waals surface area contributed by atoms with Crippen LogP contribution < -0.4 is 5.32 Å². The van der Waals surface area contributed by atoms with E-state index in [1.165, 1.54) is 44.1 Å². The van der Waals surface area contributed by atoms with Crippen LogP contribution >= 0.6 is 0 Å². The Bertz CT molecular complexity index is 399. The summed E-state index contributed by atoms with van der Waals surface area (Å²) in [4.78, 5) is 2.35. The van der Waals surface area contributed by atoms with Gasteiger partial charge in [0, 0.05) is 20.1 Å². The molecule has 1 aliphatic heterocycles. The minimum Gasteiger partial charge on any atom is -0.372 e. The summed E-state index contributed by atoms with van der Waals surface area (Å²) < 4.78 is 0. The van der Waals surface area contributed by atoms with Crippen LogP contribution in [-0.4, -0.2) is 25.0 Å². The van der Waals surface area contributed by atoms with Gasteiger partial charge in [0.2, 0.25) is 0 Å². The van der Waals surface area contributed by atoms with E-state index in [9.17, 15) is 0 Å². The summed E-state index contributed by atoms with van der Waals surface area (Å²) in [6.45, 7) is 6.45. The quantitative estimate of drug-likeness (QED) is 0.770. The van der Waals surface area contributed by atoms with Crippen molar-refractivity contribution >= 4 is 0 Å². The number of nitrogens with zero attached hydrogens (tertiary/aromatic N) is 3. The molecule has 1 saturated heterocycles. The van der Waals surface area contributed by atoms with Gasteiger partial charge in [0.15, 0.2) is 0 Å². The first-order valence-corrected chi connectivity index (χ1v) is 7.97. The van der Waals surface area contributed by atoms with Gasteiger partial charge in [0.1, 0.15) is 11.6 Å². The lowest BCUT2D eigenvalue weighted by Gasteiger charge is -2.28. The van der Waals surface area contributed by atoms with Gasteiger partial charge in [-0.25, -0.2) is 0 Å². The molecule has 1 N–H and O–H groups in total. The van der Waals surface area contributed by atoms with Gasteiger partial charge in [-0.05, 0) is 63.5 Å². The first kappa shape index (κ1) is 15.1. The van der Waals surface area contributed by atoms with Crippen LogP contribution in [0.4, 0.5) is 0 Å². The number of nitrogens with one attached hydrogen (secondary N) is 1. The number of likely N-dealkylation sites (tertiary alicyclic amines) is 1. The van der Waals surface area contributed by atoms with Gasteiger partial charge in [0.05, 0.1) is 0 Å². The molecule has 0 aromatic carbocycles. The van der Waals surface area contributed by atoms with Crippen LogP contribution in [0.5, 0.6) is 0 Å². The first-order valence-electron chi connectivity index (χ1n) is 7.97. The lowest BCUT2D eigenvalue weighted by molar-refractivity contribution is 0.280. The van der Waals surface area contributed by atoms with E-state index in [0.717, 1.165) is 24.7 Å². The number of rotatable bonds is 5. The van der Waals surface area contributed by atoms with Gasteiger partial charge in [0.25, 0.3) is 0 Å². The second kappa shape index (κ2) is 7.46. The lowest BCUT2D eigenvalue weighted by atomic mass is 9.80. The van der Waals surface area contributed by atoms with Crippen LogP contribution in [0.2, 0.25) is 0 Å². The fourth-order valence-electron chi connectivity index (χ4n) is 2.89. The Hall–Kier alpha value is -1.32. The summed E-state index contributed by atoms with van der Waals surface area (Å²) >= 11 is 0. The molecule has 0 bridgehead atoms. The third kappa shape index (κ3) is 3.62. The Labute approximate surface area is 123 Å². The van der Waals surface area contributed by atoms with E-state index >= 15 is 0 Å². The number of piperidine rings is 1. The second-order valence-corrected chi connectivity index (χ2v) is 5.80. The minimum absolute atomic E-state index is 0.709. The molecule has 112 valence electrons. The highest BCUT2D eigenvalue weighted by molar-refractivity contribution is 5.14. The normalized spacial score (nSPS) is 22.8. The van der Waals surface area contributed by atoms with Gasteiger partial charge in [-0.15, -0.1) is 10.2 Å². The monoisotopic (exact) mass is 276 g/mol. The first-order chi connectivity index (χ1) is 9.76. The predicted molar refractivity (Wildman–Crippen MR) is 83.1 cm³/mol. The standard InChI is InChI=1S/C16H28N4/c1-4-15(20-11-6-5-7-12-20)18-19-16(17-3)13(2)14-9-8-10-14/h4,14,17H,5-12H2,1-3H3/b15-4+,16-13+,19-18-. The molecule has 0 aromatic rings. The molecule has 2 rings (SSSR count). The van der Waals surface area contributed by atoms with Gasteiger partial charge >= 0.3 is 0 Å². The van der Waals surface area contributed by atoms with E-state index in [2.05, 4.69) is 33.4 Å². The maximum atomic E-state index is 4.49. The Kier molecular flexibility index (Phi) is 5.62. The molecule has 1 aliphatic carbocycles. The summed E-state index contributed by atoms with van der Waals surface area (Å²) in [5.41, 5.74) is 1.36. The molecule has 2 aliphatic rings. The van der Waals surface area contributed by atoms with Gasteiger partial charge in [-0.2, -0.15) is 0 Å². The summed E-state index contributed by atoms with van der Waals surface area (Å²) in [6, 6.07) is 0. The van der Waals surface area contributed by atoms with Crippen LogP contribution in [0.3, 0.4) is 0 Å². The smallest absolute Gasteiger partial charge is 0.147 e. The Morgan fingerprint density at radius 3 is 2.30 bits per heavy atom. The molecule has 0 radical (unpaired) electrons. The molecule has 2 fully saturated rings. The van der Waals surface area contributed by atoms with Crippen molar-refractivity contribution in [1.82, 2.24) is 10.2 Å². The molecule has 0 amide bonds. The lowest BCUT2D eigenvalue weighted by Crippen LogP contribution is -2.28. The van der Waals surface area contributed by atoms with E-state index in [-0.39, 0.29) is 0 Å². The van der Waals surface area contributed by atoms with Crippen LogP contribution in [0.25, 0.3) is 0 Å². The van der Waals surface area contributed by atoms with Crippen molar-refractivity contribution in [2.75, 3.05) is 20.1 Å². The Morgan fingerprint density at radius 1 is 1.10 bits per heavy atom. The molecule has 1 heterocycles. The van der Waals surface area contributed by atoms with Crippen molar-refractivity contribution in [3.05, 3.63) is 23.3 Å². The third-order valence-electron chi connectivity index (χ3n) is 4.52. The topological polar surface area (TPSA) is 40.0 Å². The highest BCUT2D eigenvalue weighted by Crippen LogP contribution is 2.34. The maximum Gasteiger partial charge on any atom is 0.147 e. The molecule has 4 nitrogen and oxygen atoms in total. The fraction of sp³-hybridized carbons (Fsp3) is 0.750. The SMILES string of the molecule is C\C=C(/N=N\C(NC)=C(/C)C1CCC1)N1CCCCC1. The zero-order valence-electron chi connectivity index (χ0n) is 13.2. The molecule has 0 unspecified atom stereocenters. The van der Waals surface area contributed by atoms with Gasteiger partial charge < -0.3 is 10.2 Å². The average Bonchev–Trinajstić information content (AvgIpc) is 2.43. The third-order valence-corrected chi connectivity index (χ3v) is 4.52. The van der Waals surface area contributed by atoms with E-state index in [4.69, 9.17) is 0 Å². The Balaban J connectivity index is 2.04. The molecule has 4 heteroatoms. The molecule has 0 spiro atoms. The summed E-state index contributed by atoms with van der Waals surface area (Å²) in [5, 5.41) is 12.2. The summed E-state index contributed by atoms with van der Waals surface area (Å²) in [7, 11) is 1.94. The minimum atomic E-state index is 0.709. The van der Waals surface area contributed by atoms with Gasteiger partial charge in [-0.3, -0.25) is 0 Å². The van der Waals surface area contributed by atoms with Crippen LogP contribution in [0.15, 0.2) is 33.5 Å². The number of hydrogen-bond donors (Lipinski definition) is 1. The summed E-state index contributed by atoms with van der Waals surface area (Å²) in [5.74, 6) is 2.67. The Morgan fingerprint density at radius 2 is 1.80 bits per heavy atom. The zero-order valence-corrected chi connectivity index (χ0v) is 13.2. The van der Waals surface area contributed by atoms with E-state index in [1.807, 2.05) is 14.0 Å². The molecular formula is C16H28N4.